The van der Waals surface area contributed by atoms with Gasteiger partial charge in [0, 0.05) is 6.21 Å². The average molecular weight is 271 g/mol. The maximum Gasteiger partial charge on any atom is 0.357 e. The number of allylic oxidation sites excluding steroid dienone is 1. The zero-order valence-electron chi connectivity index (χ0n) is 11.8. The van der Waals surface area contributed by atoms with Gasteiger partial charge in [-0.15, -0.1) is 0 Å². The fourth-order valence-corrected chi connectivity index (χ4v) is 1.93. The lowest BCUT2D eigenvalue weighted by Gasteiger charge is -2.07. The smallest absolute Gasteiger partial charge is 0.357 e. The second-order valence-corrected chi connectivity index (χ2v) is 4.22. The van der Waals surface area contributed by atoms with E-state index < -0.39 is 5.97 Å². The van der Waals surface area contributed by atoms with Crippen LogP contribution in [0.2, 0.25) is 0 Å². The molecule has 0 amide bonds. The first-order chi connectivity index (χ1) is 9.67. The standard InChI is InChI=1S/C15H17N3O2/c1-4-16-14(15(19)20-5-2)10(3)11-6-7-12-13(8-11)18-9-17-12/h4,6-9H,5H2,1-3H3,(H,17,18)/b14-10+,16-4-. The molecular formula is C15H17N3O2. The number of aliphatic imine (C=N–C) groups is 1. The normalized spacial score (nSPS) is 12.8. The summed E-state index contributed by atoms with van der Waals surface area (Å²) in [6, 6.07) is 5.78. The van der Waals surface area contributed by atoms with Crippen LogP contribution in [0.25, 0.3) is 16.6 Å². The molecule has 104 valence electrons. The lowest BCUT2D eigenvalue weighted by molar-refractivity contribution is -0.138. The number of esters is 1. The van der Waals surface area contributed by atoms with Gasteiger partial charge in [-0.2, -0.15) is 0 Å². The van der Waals surface area contributed by atoms with Gasteiger partial charge < -0.3 is 9.72 Å². The van der Waals surface area contributed by atoms with Crippen LogP contribution in [0.4, 0.5) is 0 Å². The number of nitrogens with one attached hydrogen (secondary N) is 1. The number of aromatic amines is 1. The fraction of sp³-hybridized carbons (Fsp3) is 0.267. The Labute approximate surface area is 117 Å². The first kappa shape index (κ1) is 14.0. The molecule has 0 atom stereocenters. The summed E-state index contributed by atoms with van der Waals surface area (Å²) >= 11 is 0. The van der Waals surface area contributed by atoms with Crippen LogP contribution < -0.4 is 0 Å². The van der Waals surface area contributed by atoms with Gasteiger partial charge in [-0.1, -0.05) is 6.07 Å². The maximum absolute atomic E-state index is 11.9. The first-order valence-electron chi connectivity index (χ1n) is 6.47. The number of imidazole rings is 1. The van der Waals surface area contributed by atoms with Crippen LogP contribution in [-0.2, 0) is 9.53 Å². The van der Waals surface area contributed by atoms with Crippen LogP contribution >= 0.6 is 0 Å². The Morgan fingerprint density at radius 1 is 1.50 bits per heavy atom. The summed E-state index contributed by atoms with van der Waals surface area (Å²) in [6.07, 6.45) is 3.23. The molecule has 20 heavy (non-hydrogen) atoms. The molecule has 5 heteroatoms. The number of carbonyl (C=O) groups is 1. The van der Waals surface area contributed by atoms with E-state index in [1.54, 1.807) is 26.4 Å². The van der Waals surface area contributed by atoms with Crippen molar-refractivity contribution < 1.29 is 9.53 Å². The molecule has 2 aromatic rings. The average Bonchev–Trinajstić information content (AvgIpc) is 2.91. The summed E-state index contributed by atoms with van der Waals surface area (Å²) in [4.78, 5) is 23.3. The molecule has 5 nitrogen and oxygen atoms in total. The number of hydrogen-bond donors (Lipinski definition) is 1. The van der Waals surface area contributed by atoms with Gasteiger partial charge in [0.1, 0.15) is 0 Å². The molecule has 0 bridgehead atoms. The van der Waals surface area contributed by atoms with Crippen molar-refractivity contribution in [1.29, 1.82) is 0 Å². The Hall–Kier alpha value is -2.43. The molecule has 0 aliphatic heterocycles. The predicted octanol–water partition coefficient (Wildman–Crippen LogP) is 2.95. The van der Waals surface area contributed by atoms with E-state index in [4.69, 9.17) is 4.74 Å². The summed E-state index contributed by atoms with van der Waals surface area (Å²) in [7, 11) is 0. The number of benzene rings is 1. The third-order valence-electron chi connectivity index (χ3n) is 2.94. The summed E-state index contributed by atoms with van der Waals surface area (Å²) < 4.78 is 5.04. The van der Waals surface area contributed by atoms with Gasteiger partial charge in [0.15, 0.2) is 5.70 Å². The Morgan fingerprint density at radius 3 is 3.00 bits per heavy atom. The molecule has 1 aromatic carbocycles. The minimum atomic E-state index is -0.412. The zero-order valence-corrected chi connectivity index (χ0v) is 11.8. The van der Waals surface area contributed by atoms with Crippen molar-refractivity contribution in [3.05, 3.63) is 35.8 Å². The summed E-state index contributed by atoms with van der Waals surface area (Å²) in [5.74, 6) is -0.412. The summed E-state index contributed by atoms with van der Waals surface area (Å²) in [5, 5.41) is 0. The van der Waals surface area contributed by atoms with E-state index >= 15 is 0 Å². The maximum atomic E-state index is 11.9. The SMILES string of the molecule is C/C=N\C(C(=O)OCC)=C(/C)c1ccc2[nH]cnc2c1. The highest BCUT2D eigenvalue weighted by molar-refractivity contribution is 5.98. The Balaban J connectivity index is 2.49. The summed E-state index contributed by atoms with van der Waals surface area (Å²) in [6.45, 7) is 5.72. The van der Waals surface area contributed by atoms with Crippen molar-refractivity contribution in [1.82, 2.24) is 9.97 Å². The van der Waals surface area contributed by atoms with Gasteiger partial charge >= 0.3 is 5.97 Å². The van der Waals surface area contributed by atoms with Crippen molar-refractivity contribution in [2.24, 2.45) is 4.99 Å². The van der Waals surface area contributed by atoms with Gasteiger partial charge in [0.2, 0.25) is 0 Å². The molecule has 1 aromatic heterocycles. The van der Waals surface area contributed by atoms with Gasteiger partial charge in [-0.3, -0.25) is 4.99 Å². The molecule has 0 saturated carbocycles. The second-order valence-electron chi connectivity index (χ2n) is 4.22. The van der Waals surface area contributed by atoms with Crippen LogP contribution in [0.3, 0.4) is 0 Å². The van der Waals surface area contributed by atoms with Crippen molar-refractivity contribution >= 4 is 28.8 Å². The van der Waals surface area contributed by atoms with Crippen molar-refractivity contribution in [3.8, 4) is 0 Å². The molecule has 2 rings (SSSR count). The monoisotopic (exact) mass is 271 g/mol. The van der Waals surface area contributed by atoms with E-state index in [-0.39, 0.29) is 0 Å². The van der Waals surface area contributed by atoms with E-state index in [9.17, 15) is 4.79 Å². The molecule has 0 saturated heterocycles. The van der Waals surface area contributed by atoms with Crippen molar-refractivity contribution in [3.63, 3.8) is 0 Å². The van der Waals surface area contributed by atoms with Crippen LogP contribution in [0, 0.1) is 0 Å². The molecule has 0 spiro atoms. The van der Waals surface area contributed by atoms with Crippen LogP contribution in [0.15, 0.2) is 35.2 Å². The molecule has 0 fully saturated rings. The van der Waals surface area contributed by atoms with E-state index in [0.29, 0.717) is 12.3 Å². The Bertz CT molecular complexity index is 683. The summed E-state index contributed by atoms with van der Waals surface area (Å²) in [5.41, 5.74) is 3.80. The predicted molar refractivity (Wildman–Crippen MR) is 79.5 cm³/mol. The number of aromatic nitrogens is 2. The number of fused-ring (bicyclic) bond motifs is 1. The third kappa shape index (κ3) is 2.77. The highest BCUT2D eigenvalue weighted by Crippen LogP contribution is 2.23. The van der Waals surface area contributed by atoms with Crippen molar-refractivity contribution in [2.45, 2.75) is 20.8 Å². The quantitative estimate of drug-likeness (QED) is 0.528. The molecule has 1 N–H and O–H groups in total. The van der Waals surface area contributed by atoms with Gasteiger partial charge in [-0.25, -0.2) is 9.78 Å². The van der Waals surface area contributed by atoms with E-state index in [2.05, 4.69) is 15.0 Å². The number of hydrogen-bond acceptors (Lipinski definition) is 4. The number of ether oxygens (including phenoxy) is 1. The van der Waals surface area contributed by atoms with E-state index in [0.717, 1.165) is 22.2 Å². The molecule has 0 aliphatic rings. The van der Waals surface area contributed by atoms with E-state index in [1.807, 2.05) is 25.1 Å². The largest absolute Gasteiger partial charge is 0.461 e. The topological polar surface area (TPSA) is 67.3 Å². The zero-order chi connectivity index (χ0) is 14.5. The van der Waals surface area contributed by atoms with Crippen LogP contribution in [-0.4, -0.2) is 28.8 Å². The fourth-order valence-electron chi connectivity index (χ4n) is 1.93. The number of carbonyl (C=O) groups excluding carboxylic acids is 1. The molecule has 0 aliphatic carbocycles. The lowest BCUT2D eigenvalue weighted by Crippen LogP contribution is -2.08. The lowest BCUT2D eigenvalue weighted by atomic mass is 10.0. The first-order valence-corrected chi connectivity index (χ1v) is 6.47. The van der Waals surface area contributed by atoms with E-state index in [1.165, 1.54) is 0 Å². The highest BCUT2D eigenvalue weighted by Gasteiger charge is 2.14. The second kappa shape index (κ2) is 6.14. The molecular weight excluding hydrogens is 254 g/mol. The number of nitrogens with zero attached hydrogens (tertiary/aromatic N) is 2. The molecule has 0 unspecified atom stereocenters. The van der Waals surface area contributed by atoms with Gasteiger partial charge in [0.25, 0.3) is 0 Å². The Morgan fingerprint density at radius 2 is 2.30 bits per heavy atom. The Kier molecular flexibility index (Phi) is 4.30. The highest BCUT2D eigenvalue weighted by atomic mass is 16.5. The van der Waals surface area contributed by atoms with Gasteiger partial charge in [0.05, 0.1) is 24.0 Å². The number of rotatable bonds is 4. The van der Waals surface area contributed by atoms with Crippen LogP contribution in [0.5, 0.6) is 0 Å². The minimum absolute atomic E-state index is 0.323. The third-order valence-corrected chi connectivity index (χ3v) is 2.94. The molecule has 0 radical (unpaired) electrons. The molecule has 1 heterocycles. The van der Waals surface area contributed by atoms with Crippen LogP contribution in [0.1, 0.15) is 26.3 Å². The minimum Gasteiger partial charge on any atom is -0.461 e. The van der Waals surface area contributed by atoms with Gasteiger partial charge in [-0.05, 0) is 44.0 Å². The van der Waals surface area contributed by atoms with Crippen molar-refractivity contribution in [2.75, 3.05) is 6.61 Å². The number of H-pyrrole nitrogens is 1.